The monoisotopic (exact) mass is 676 g/mol. The number of nitriles is 1. The van der Waals surface area contributed by atoms with Crippen molar-refractivity contribution in [3.8, 4) is 34.8 Å². The molecule has 0 aliphatic carbocycles. The van der Waals surface area contributed by atoms with Crippen LogP contribution in [0.25, 0.3) is 94.1 Å². The van der Waals surface area contributed by atoms with Crippen LogP contribution in [-0.4, -0.2) is 23.7 Å². The molecule has 0 unspecified atom stereocenters. The lowest BCUT2D eigenvalue weighted by Gasteiger charge is -2.17. The molecule has 11 rings (SSSR count). The van der Waals surface area contributed by atoms with Crippen LogP contribution in [0.3, 0.4) is 0 Å². The standard InChI is InChI=1S/C47H28N6/c48-29-38-45(51-39-21-9-4-16-32(39)33-17-5-10-22-40(33)51)49-47(50-46(38)52-41-23-11-6-18-34(41)35-19-7-12-24-42(35)52)53-43-25-13-8-20-36(43)37-28-31(26-27-44(37)53)30-14-2-1-3-15-30/h1-28H. The first kappa shape index (κ1) is 29.3. The van der Waals surface area contributed by atoms with E-state index in [1.54, 1.807) is 0 Å². The van der Waals surface area contributed by atoms with Gasteiger partial charge in [-0.2, -0.15) is 15.2 Å². The molecule has 246 valence electrons. The van der Waals surface area contributed by atoms with Gasteiger partial charge in [-0.05, 0) is 53.6 Å². The maximum absolute atomic E-state index is 11.2. The van der Waals surface area contributed by atoms with E-state index in [9.17, 15) is 5.26 Å². The molecule has 7 aromatic carbocycles. The van der Waals surface area contributed by atoms with Crippen LogP contribution >= 0.6 is 0 Å². The minimum Gasteiger partial charge on any atom is -0.292 e. The number of hydrogen-bond donors (Lipinski definition) is 0. The summed E-state index contributed by atoms with van der Waals surface area (Å²) in [5, 5.41) is 17.8. The van der Waals surface area contributed by atoms with Gasteiger partial charge in [0, 0.05) is 32.3 Å². The molecule has 0 saturated heterocycles. The zero-order valence-electron chi connectivity index (χ0n) is 28.3. The molecule has 0 atom stereocenters. The molecule has 4 heterocycles. The quantitative estimate of drug-likeness (QED) is 0.186. The lowest BCUT2D eigenvalue weighted by molar-refractivity contribution is 0.911. The maximum atomic E-state index is 11.2. The zero-order valence-corrected chi connectivity index (χ0v) is 28.3. The van der Waals surface area contributed by atoms with E-state index in [2.05, 4.69) is 159 Å². The third-order valence-corrected chi connectivity index (χ3v) is 10.5. The molecular formula is C47H28N6. The number of para-hydroxylation sites is 5. The van der Waals surface area contributed by atoms with E-state index in [0.29, 0.717) is 23.1 Å². The molecule has 0 N–H and O–H groups in total. The van der Waals surface area contributed by atoms with E-state index in [4.69, 9.17) is 9.97 Å². The Labute approximate surface area is 303 Å². The molecule has 0 amide bonds. The van der Waals surface area contributed by atoms with Crippen LogP contribution in [0, 0.1) is 11.3 Å². The maximum Gasteiger partial charge on any atom is 0.238 e. The second-order valence-electron chi connectivity index (χ2n) is 13.3. The average molecular weight is 677 g/mol. The molecule has 0 radical (unpaired) electrons. The Morgan fingerprint density at radius 3 is 1.19 bits per heavy atom. The summed E-state index contributed by atoms with van der Waals surface area (Å²) in [5.74, 6) is 1.54. The molecule has 6 nitrogen and oxygen atoms in total. The summed E-state index contributed by atoms with van der Waals surface area (Å²) in [6.45, 7) is 0. The van der Waals surface area contributed by atoms with Crippen molar-refractivity contribution in [1.82, 2.24) is 23.7 Å². The summed E-state index contributed by atoms with van der Waals surface area (Å²) >= 11 is 0. The molecular weight excluding hydrogens is 649 g/mol. The Morgan fingerprint density at radius 1 is 0.358 bits per heavy atom. The first-order valence-corrected chi connectivity index (χ1v) is 17.7. The Hall–Kier alpha value is -7.49. The Balaban J connectivity index is 1.31. The van der Waals surface area contributed by atoms with Crippen molar-refractivity contribution in [3.63, 3.8) is 0 Å². The molecule has 0 aliphatic heterocycles. The second-order valence-corrected chi connectivity index (χ2v) is 13.3. The summed E-state index contributed by atoms with van der Waals surface area (Å²) in [5.41, 5.74) is 8.53. The van der Waals surface area contributed by atoms with Crippen LogP contribution in [0.1, 0.15) is 5.56 Å². The van der Waals surface area contributed by atoms with Crippen molar-refractivity contribution >= 4 is 65.4 Å². The van der Waals surface area contributed by atoms with Gasteiger partial charge in [-0.15, -0.1) is 0 Å². The van der Waals surface area contributed by atoms with Gasteiger partial charge in [-0.3, -0.25) is 13.7 Å². The fraction of sp³-hybridized carbons (Fsp3) is 0. The van der Waals surface area contributed by atoms with Gasteiger partial charge >= 0.3 is 0 Å². The van der Waals surface area contributed by atoms with Crippen molar-refractivity contribution in [2.24, 2.45) is 0 Å². The highest BCUT2D eigenvalue weighted by Crippen LogP contribution is 2.39. The molecule has 0 aliphatic rings. The lowest BCUT2D eigenvalue weighted by Crippen LogP contribution is -2.13. The molecule has 6 heteroatoms. The summed E-state index contributed by atoms with van der Waals surface area (Å²) in [6, 6.07) is 61.4. The van der Waals surface area contributed by atoms with Crippen molar-refractivity contribution in [2.45, 2.75) is 0 Å². The van der Waals surface area contributed by atoms with Crippen molar-refractivity contribution in [2.75, 3.05) is 0 Å². The first-order chi connectivity index (χ1) is 26.3. The highest BCUT2D eigenvalue weighted by Gasteiger charge is 2.26. The summed E-state index contributed by atoms with van der Waals surface area (Å²) in [4.78, 5) is 10.8. The SMILES string of the molecule is N#Cc1c(-n2c3ccccc3c3ccccc32)nc(-n2c3ccccc3c3cc(-c4ccccc4)ccc32)nc1-n1c2ccccc2c2ccccc21. The highest BCUT2D eigenvalue weighted by molar-refractivity contribution is 6.12. The van der Waals surface area contributed by atoms with Gasteiger partial charge in [0.1, 0.15) is 11.6 Å². The van der Waals surface area contributed by atoms with E-state index in [1.807, 2.05) is 30.3 Å². The van der Waals surface area contributed by atoms with E-state index >= 15 is 0 Å². The smallest absolute Gasteiger partial charge is 0.238 e. The van der Waals surface area contributed by atoms with Gasteiger partial charge in [0.15, 0.2) is 11.6 Å². The van der Waals surface area contributed by atoms with Gasteiger partial charge in [0.05, 0.1) is 33.1 Å². The predicted molar refractivity (Wildman–Crippen MR) is 215 cm³/mol. The number of hydrogen-bond acceptors (Lipinski definition) is 3. The fourth-order valence-electron chi connectivity index (χ4n) is 8.25. The molecule has 0 bridgehead atoms. The lowest BCUT2D eigenvalue weighted by atomic mass is 10.0. The molecule has 4 aromatic heterocycles. The normalized spacial score (nSPS) is 11.8. The van der Waals surface area contributed by atoms with E-state index in [1.165, 1.54) is 0 Å². The third kappa shape index (κ3) is 4.19. The largest absolute Gasteiger partial charge is 0.292 e. The number of aromatic nitrogens is 5. The van der Waals surface area contributed by atoms with Gasteiger partial charge in [0.25, 0.3) is 0 Å². The van der Waals surface area contributed by atoms with Crippen LogP contribution in [0.5, 0.6) is 0 Å². The minimum atomic E-state index is 0.388. The Morgan fingerprint density at radius 2 is 0.736 bits per heavy atom. The van der Waals surface area contributed by atoms with Gasteiger partial charge in [-0.1, -0.05) is 127 Å². The molecule has 11 aromatic rings. The number of fused-ring (bicyclic) bond motifs is 9. The number of benzene rings is 7. The predicted octanol–water partition coefficient (Wildman–Crippen LogP) is 11.3. The van der Waals surface area contributed by atoms with Crippen LogP contribution < -0.4 is 0 Å². The van der Waals surface area contributed by atoms with Crippen LogP contribution in [-0.2, 0) is 0 Å². The number of nitrogens with zero attached hydrogens (tertiary/aromatic N) is 6. The van der Waals surface area contributed by atoms with Crippen LogP contribution in [0.4, 0.5) is 0 Å². The fourth-order valence-corrected chi connectivity index (χ4v) is 8.25. The summed E-state index contributed by atoms with van der Waals surface area (Å²) in [7, 11) is 0. The average Bonchev–Trinajstić information content (AvgIpc) is 3.86. The highest BCUT2D eigenvalue weighted by atomic mass is 15.2. The van der Waals surface area contributed by atoms with Crippen molar-refractivity contribution in [3.05, 3.63) is 175 Å². The van der Waals surface area contributed by atoms with E-state index in [0.717, 1.165) is 76.5 Å². The van der Waals surface area contributed by atoms with E-state index < -0.39 is 0 Å². The van der Waals surface area contributed by atoms with Gasteiger partial charge < -0.3 is 0 Å². The minimum absolute atomic E-state index is 0.388. The van der Waals surface area contributed by atoms with Crippen molar-refractivity contribution < 1.29 is 0 Å². The molecule has 0 saturated carbocycles. The van der Waals surface area contributed by atoms with E-state index in [-0.39, 0.29) is 0 Å². The molecule has 53 heavy (non-hydrogen) atoms. The topological polar surface area (TPSA) is 64.4 Å². The first-order valence-electron chi connectivity index (χ1n) is 17.7. The van der Waals surface area contributed by atoms with Crippen LogP contribution in [0.2, 0.25) is 0 Å². The Kier molecular flexibility index (Phi) is 6.22. The number of rotatable bonds is 4. The van der Waals surface area contributed by atoms with Crippen LogP contribution in [0.15, 0.2) is 170 Å². The molecule has 0 fully saturated rings. The zero-order chi connectivity index (χ0) is 35.0. The Bertz CT molecular complexity index is 3060. The van der Waals surface area contributed by atoms with Crippen molar-refractivity contribution in [1.29, 1.82) is 5.26 Å². The summed E-state index contributed by atoms with van der Waals surface area (Å²) < 4.78 is 6.41. The molecule has 0 spiro atoms. The summed E-state index contributed by atoms with van der Waals surface area (Å²) in [6.07, 6.45) is 0. The van der Waals surface area contributed by atoms with Gasteiger partial charge in [0.2, 0.25) is 5.95 Å². The third-order valence-electron chi connectivity index (χ3n) is 10.5. The van der Waals surface area contributed by atoms with Gasteiger partial charge in [-0.25, -0.2) is 0 Å². The second kappa shape index (κ2) is 11.3.